The van der Waals surface area contributed by atoms with Gasteiger partial charge in [-0.1, -0.05) is 11.6 Å². The number of hydrogen-bond acceptors (Lipinski definition) is 2. The molecule has 1 amide bonds. The number of amides is 1. The van der Waals surface area contributed by atoms with Gasteiger partial charge in [-0.2, -0.15) is 5.10 Å². The molecule has 0 radical (unpaired) electrons. The summed E-state index contributed by atoms with van der Waals surface area (Å²) in [5, 5.41) is 4.79. The van der Waals surface area contributed by atoms with E-state index in [1.54, 1.807) is 6.92 Å². The molecular formula is C9H10ClF4N3O. The predicted molar refractivity (Wildman–Crippen MR) is 55.8 cm³/mol. The zero-order valence-electron chi connectivity index (χ0n) is 9.26. The van der Waals surface area contributed by atoms with Gasteiger partial charge in [0, 0.05) is 6.54 Å². The number of carbonyl (C=O) groups excluding carboxylic acids is 1. The van der Waals surface area contributed by atoms with Crippen LogP contribution in [0, 0.1) is 0 Å². The summed E-state index contributed by atoms with van der Waals surface area (Å²) in [4.78, 5) is 11.2. The second-order valence-electron chi connectivity index (χ2n) is 3.30. The van der Waals surface area contributed by atoms with E-state index in [0.29, 0.717) is 11.2 Å². The SMILES string of the molecule is CCNC(=O)Cn1nc(C(F)F)c(Cl)c1C(F)F. The highest BCUT2D eigenvalue weighted by Crippen LogP contribution is 2.34. The summed E-state index contributed by atoms with van der Waals surface area (Å²) in [5.41, 5.74) is -1.82. The predicted octanol–water partition coefficient (Wildman–Crippen LogP) is 2.55. The van der Waals surface area contributed by atoms with Crippen molar-refractivity contribution < 1.29 is 22.4 Å². The fraction of sp³-hybridized carbons (Fsp3) is 0.556. The Labute approximate surface area is 105 Å². The number of nitrogens with zero attached hydrogens (tertiary/aromatic N) is 2. The van der Waals surface area contributed by atoms with Crippen molar-refractivity contribution in [2.45, 2.75) is 26.3 Å². The van der Waals surface area contributed by atoms with Gasteiger partial charge in [0.2, 0.25) is 5.91 Å². The van der Waals surface area contributed by atoms with Gasteiger partial charge in [0.15, 0.2) is 0 Å². The Morgan fingerprint density at radius 3 is 2.44 bits per heavy atom. The molecule has 0 unspecified atom stereocenters. The number of rotatable bonds is 5. The molecule has 1 aromatic heterocycles. The molecule has 1 rings (SSSR count). The summed E-state index contributed by atoms with van der Waals surface area (Å²) in [6.45, 7) is 1.34. The van der Waals surface area contributed by atoms with Crippen LogP contribution in [0.4, 0.5) is 17.6 Å². The molecule has 0 aliphatic heterocycles. The van der Waals surface area contributed by atoms with E-state index in [2.05, 4.69) is 10.4 Å². The van der Waals surface area contributed by atoms with Crippen molar-refractivity contribution in [3.63, 3.8) is 0 Å². The molecule has 1 N–H and O–H groups in total. The average Bonchev–Trinajstić information content (AvgIpc) is 2.55. The number of likely N-dealkylation sites (N-methyl/N-ethyl adjacent to an activating group) is 1. The molecule has 0 fully saturated rings. The number of halogens is 5. The van der Waals surface area contributed by atoms with E-state index in [1.807, 2.05) is 0 Å². The first-order chi connectivity index (χ1) is 8.38. The Morgan fingerprint density at radius 1 is 1.39 bits per heavy atom. The first kappa shape index (κ1) is 14.7. The van der Waals surface area contributed by atoms with Crippen LogP contribution in [0.3, 0.4) is 0 Å². The fourth-order valence-electron chi connectivity index (χ4n) is 1.33. The standard InChI is InChI=1S/C9H10ClF4N3O/c1-2-15-4(18)3-17-7(9(13)14)5(10)6(16-17)8(11)12/h8-9H,2-3H2,1H3,(H,15,18). The van der Waals surface area contributed by atoms with E-state index >= 15 is 0 Å². The topological polar surface area (TPSA) is 46.9 Å². The van der Waals surface area contributed by atoms with Gasteiger partial charge in [0.1, 0.15) is 17.9 Å². The zero-order valence-corrected chi connectivity index (χ0v) is 10.0. The highest BCUT2D eigenvalue weighted by Gasteiger charge is 2.28. The van der Waals surface area contributed by atoms with Crippen LogP contribution in [0.2, 0.25) is 5.02 Å². The van der Waals surface area contributed by atoms with E-state index in [-0.39, 0.29) is 0 Å². The van der Waals surface area contributed by atoms with Gasteiger partial charge in [-0.3, -0.25) is 9.48 Å². The van der Waals surface area contributed by atoms with Crippen molar-refractivity contribution in [1.82, 2.24) is 15.1 Å². The summed E-state index contributed by atoms with van der Waals surface area (Å²) >= 11 is 5.40. The third-order valence-electron chi connectivity index (χ3n) is 2.04. The summed E-state index contributed by atoms with van der Waals surface area (Å²) in [6, 6.07) is 0. The maximum absolute atomic E-state index is 12.7. The average molecular weight is 288 g/mol. The normalized spacial score (nSPS) is 11.3. The molecule has 0 aliphatic rings. The summed E-state index contributed by atoms with van der Waals surface area (Å²) < 4.78 is 50.8. The number of alkyl halides is 4. The second-order valence-corrected chi connectivity index (χ2v) is 3.67. The molecule has 0 atom stereocenters. The first-order valence-electron chi connectivity index (χ1n) is 4.97. The fourth-order valence-corrected chi connectivity index (χ4v) is 1.63. The van der Waals surface area contributed by atoms with Crippen molar-refractivity contribution in [3.05, 3.63) is 16.4 Å². The molecule has 1 heterocycles. The van der Waals surface area contributed by atoms with Gasteiger partial charge in [-0.05, 0) is 6.92 Å². The van der Waals surface area contributed by atoms with Crippen molar-refractivity contribution in [2.24, 2.45) is 0 Å². The lowest BCUT2D eigenvalue weighted by Gasteiger charge is -2.06. The largest absolute Gasteiger partial charge is 0.355 e. The number of hydrogen-bond donors (Lipinski definition) is 1. The molecule has 4 nitrogen and oxygen atoms in total. The number of nitrogens with one attached hydrogen (secondary N) is 1. The highest BCUT2D eigenvalue weighted by molar-refractivity contribution is 6.32. The Bertz CT molecular complexity index is 436. The van der Waals surface area contributed by atoms with Crippen LogP contribution in [-0.4, -0.2) is 22.2 Å². The molecule has 0 bridgehead atoms. The van der Waals surface area contributed by atoms with Gasteiger partial charge < -0.3 is 5.32 Å². The molecule has 0 saturated carbocycles. The van der Waals surface area contributed by atoms with Crippen LogP contribution in [0.5, 0.6) is 0 Å². The lowest BCUT2D eigenvalue weighted by Crippen LogP contribution is -2.28. The van der Waals surface area contributed by atoms with Gasteiger partial charge in [0.05, 0.1) is 5.02 Å². The van der Waals surface area contributed by atoms with Crippen molar-refractivity contribution in [1.29, 1.82) is 0 Å². The number of carbonyl (C=O) groups is 1. The molecule has 0 aliphatic carbocycles. The quantitative estimate of drug-likeness (QED) is 0.846. The van der Waals surface area contributed by atoms with Crippen LogP contribution >= 0.6 is 11.6 Å². The van der Waals surface area contributed by atoms with E-state index in [0.717, 1.165) is 0 Å². The van der Waals surface area contributed by atoms with Crippen LogP contribution < -0.4 is 5.32 Å². The minimum atomic E-state index is -3.09. The molecule has 0 spiro atoms. The molecular weight excluding hydrogens is 278 g/mol. The highest BCUT2D eigenvalue weighted by atomic mass is 35.5. The maximum atomic E-state index is 12.7. The Hall–Kier alpha value is -1.31. The lowest BCUT2D eigenvalue weighted by atomic mass is 10.3. The van der Waals surface area contributed by atoms with E-state index in [1.165, 1.54) is 0 Å². The summed E-state index contributed by atoms with van der Waals surface area (Å²) in [5.74, 6) is -0.612. The van der Waals surface area contributed by atoms with Gasteiger partial charge in [-0.15, -0.1) is 0 Å². The number of aromatic nitrogens is 2. The minimum Gasteiger partial charge on any atom is -0.355 e. The Balaban J connectivity index is 3.10. The molecule has 1 aromatic rings. The third-order valence-corrected chi connectivity index (χ3v) is 2.42. The van der Waals surface area contributed by atoms with Crippen LogP contribution in [-0.2, 0) is 11.3 Å². The van der Waals surface area contributed by atoms with Gasteiger partial charge in [-0.25, -0.2) is 17.6 Å². The van der Waals surface area contributed by atoms with Crippen LogP contribution in [0.1, 0.15) is 31.2 Å². The molecule has 102 valence electrons. The molecule has 18 heavy (non-hydrogen) atoms. The third kappa shape index (κ3) is 3.12. The van der Waals surface area contributed by atoms with Crippen molar-refractivity contribution >= 4 is 17.5 Å². The zero-order chi connectivity index (χ0) is 13.9. The Kier molecular flexibility index (Phi) is 4.94. The molecule has 0 saturated heterocycles. The summed E-state index contributed by atoms with van der Waals surface area (Å²) in [7, 11) is 0. The van der Waals surface area contributed by atoms with Crippen LogP contribution in [0.15, 0.2) is 0 Å². The van der Waals surface area contributed by atoms with Gasteiger partial charge >= 0.3 is 0 Å². The molecule has 0 aromatic carbocycles. The van der Waals surface area contributed by atoms with Crippen molar-refractivity contribution in [2.75, 3.05) is 6.54 Å². The monoisotopic (exact) mass is 287 g/mol. The first-order valence-corrected chi connectivity index (χ1v) is 5.35. The maximum Gasteiger partial charge on any atom is 0.283 e. The van der Waals surface area contributed by atoms with E-state index < -0.39 is 41.7 Å². The van der Waals surface area contributed by atoms with Gasteiger partial charge in [0.25, 0.3) is 12.9 Å². The van der Waals surface area contributed by atoms with Crippen LogP contribution in [0.25, 0.3) is 0 Å². The lowest BCUT2D eigenvalue weighted by molar-refractivity contribution is -0.121. The second kappa shape index (κ2) is 6.03. The summed E-state index contributed by atoms with van der Waals surface area (Å²) in [6.07, 6.45) is -6.17. The Morgan fingerprint density at radius 2 is 2.00 bits per heavy atom. The molecule has 9 heteroatoms. The van der Waals surface area contributed by atoms with E-state index in [4.69, 9.17) is 11.6 Å². The smallest absolute Gasteiger partial charge is 0.283 e. The van der Waals surface area contributed by atoms with E-state index in [9.17, 15) is 22.4 Å². The van der Waals surface area contributed by atoms with Crippen molar-refractivity contribution in [3.8, 4) is 0 Å². The minimum absolute atomic E-state index is 0.291.